The average molecular weight is 314 g/mol. The Morgan fingerprint density at radius 1 is 1.35 bits per heavy atom. The highest BCUT2D eigenvalue weighted by molar-refractivity contribution is 5.78. The van der Waals surface area contributed by atoms with Crippen LogP contribution in [0.2, 0.25) is 0 Å². The Labute approximate surface area is 137 Å². The average Bonchev–Trinajstić information content (AvgIpc) is 2.92. The second-order valence-corrected chi connectivity index (χ2v) is 6.71. The lowest BCUT2D eigenvalue weighted by Crippen LogP contribution is -2.41. The van der Waals surface area contributed by atoms with E-state index in [2.05, 4.69) is 16.5 Å². The maximum absolute atomic E-state index is 12.2. The zero-order valence-electron chi connectivity index (χ0n) is 14.3. The van der Waals surface area contributed by atoms with Gasteiger partial charge in [0.1, 0.15) is 11.3 Å². The molecular formula is C18H26N4O. The van der Waals surface area contributed by atoms with Crippen molar-refractivity contribution in [3.05, 3.63) is 24.2 Å². The van der Waals surface area contributed by atoms with Crippen molar-refractivity contribution in [1.82, 2.24) is 19.4 Å². The molecule has 124 valence electrons. The van der Waals surface area contributed by atoms with Crippen molar-refractivity contribution >= 4 is 17.1 Å². The molecular weight excluding hydrogens is 288 g/mol. The summed E-state index contributed by atoms with van der Waals surface area (Å²) >= 11 is 0. The van der Waals surface area contributed by atoms with E-state index in [4.69, 9.17) is 4.98 Å². The summed E-state index contributed by atoms with van der Waals surface area (Å²) in [5, 5.41) is 0. The van der Waals surface area contributed by atoms with Crippen LogP contribution in [0.15, 0.2) is 18.3 Å². The van der Waals surface area contributed by atoms with Gasteiger partial charge in [0.15, 0.2) is 5.65 Å². The number of hydrogen-bond acceptors (Lipinski definition) is 3. The van der Waals surface area contributed by atoms with Crippen molar-refractivity contribution in [3.8, 4) is 0 Å². The molecule has 3 heterocycles. The van der Waals surface area contributed by atoms with Crippen LogP contribution in [0.4, 0.5) is 0 Å². The van der Waals surface area contributed by atoms with Crippen LogP contribution < -0.4 is 0 Å². The number of hydrogen-bond donors (Lipinski definition) is 0. The third kappa shape index (κ3) is 3.09. The van der Waals surface area contributed by atoms with E-state index < -0.39 is 0 Å². The molecule has 5 nitrogen and oxygen atoms in total. The summed E-state index contributed by atoms with van der Waals surface area (Å²) in [6, 6.07) is 4.38. The molecule has 3 rings (SSSR count). The summed E-state index contributed by atoms with van der Waals surface area (Å²) < 4.78 is 2.33. The van der Waals surface area contributed by atoms with Gasteiger partial charge in [-0.25, -0.2) is 9.97 Å². The molecule has 2 aromatic heterocycles. The number of pyridine rings is 1. The van der Waals surface area contributed by atoms with Crippen LogP contribution in [-0.2, 0) is 11.2 Å². The van der Waals surface area contributed by atoms with Crippen molar-refractivity contribution in [2.45, 2.75) is 52.5 Å². The van der Waals surface area contributed by atoms with Gasteiger partial charge in [0.25, 0.3) is 0 Å². The van der Waals surface area contributed by atoms with Crippen LogP contribution in [0.3, 0.4) is 0 Å². The van der Waals surface area contributed by atoms with Gasteiger partial charge in [0, 0.05) is 37.7 Å². The quantitative estimate of drug-likeness (QED) is 0.871. The van der Waals surface area contributed by atoms with Crippen LogP contribution in [0.25, 0.3) is 11.2 Å². The maximum atomic E-state index is 12.2. The van der Waals surface area contributed by atoms with Gasteiger partial charge < -0.3 is 9.47 Å². The maximum Gasteiger partial charge on any atom is 0.225 e. The molecule has 1 fully saturated rings. The Morgan fingerprint density at radius 2 is 2.09 bits per heavy atom. The van der Waals surface area contributed by atoms with Crippen molar-refractivity contribution in [1.29, 1.82) is 0 Å². The Kier molecular flexibility index (Phi) is 4.64. The Hall–Kier alpha value is -1.91. The molecule has 0 aliphatic carbocycles. The molecule has 1 aliphatic heterocycles. The zero-order chi connectivity index (χ0) is 16.4. The Balaban J connectivity index is 1.84. The predicted octanol–water partition coefficient (Wildman–Crippen LogP) is 3.20. The van der Waals surface area contributed by atoms with E-state index in [0.29, 0.717) is 6.04 Å². The fourth-order valence-corrected chi connectivity index (χ4v) is 3.47. The second kappa shape index (κ2) is 6.69. The highest BCUT2D eigenvalue weighted by atomic mass is 16.2. The van der Waals surface area contributed by atoms with Gasteiger partial charge >= 0.3 is 0 Å². The first kappa shape index (κ1) is 16.0. The molecule has 0 atom stereocenters. The molecule has 0 spiro atoms. The summed E-state index contributed by atoms with van der Waals surface area (Å²) in [6.45, 7) is 7.79. The predicted molar refractivity (Wildman–Crippen MR) is 91.2 cm³/mol. The lowest BCUT2D eigenvalue weighted by Gasteiger charge is -2.34. The van der Waals surface area contributed by atoms with Gasteiger partial charge in [0.2, 0.25) is 5.91 Å². The van der Waals surface area contributed by atoms with E-state index >= 15 is 0 Å². The number of aryl methyl sites for hydroxylation is 1. The third-order valence-electron chi connectivity index (χ3n) is 4.63. The smallest absolute Gasteiger partial charge is 0.225 e. The summed E-state index contributed by atoms with van der Waals surface area (Å²) in [4.78, 5) is 23.5. The zero-order valence-corrected chi connectivity index (χ0v) is 14.3. The number of aromatic nitrogens is 3. The number of fused-ring (bicyclic) bond motifs is 1. The van der Waals surface area contributed by atoms with Crippen molar-refractivity contribution < 1.29 is 4.79 Å². The van der Waals surface area contributed by atoms with Crippen LogP contribution in [0, 0.1) is 5.92 Å². The molecule has 5 heteroatoms. The molecule has 23 heavy (non-hydrogen) atoms. The first-order valence-electron chi connectivity index (χ1n) is 8.72. The van der Waals surface area contributed by atoms with Crippen LogP contribution in [0.5, 0.6) is 0 Å². The number of rotatable bonds is 4. The van der Waals surface area contributed by atoms with Gasteiger partial charge in [-0.1, -0.05) is 20.8 Å². The SMILES string of the molecule is CCCc1nc2cccnc2n1C1CCN(C(=O)C(C)C)CC1. The summed E-state index contributed by atoms with van der Waals surface area (Å²) in [5.74, 6) is 1.48. The number of carbonyl (C=O) groups excluding carboxylic acids is 1. The minimum Gasteiger partial charge on any atom is -0.342 e. The highest BCUT2D eigenvalue weighted by Gasteiger charge is 2.27. The number of likely N-dealkylation sites (tertiary alicyclic amines) is 1. The second-order valence-electron chi connectivity index (χ2n) is 6.71. The van der Waals surface area contributed by atoms with Gasteiger partial charge in [-0.15, -0.1) is 0 Å². The van der Waals surface area contributed by atoms with Crippen molar-refractivity contribution in [2.24, 2.45) is 5.92 Å². The number of imidazole rings is 1. The minimum absolute atomic E-state index is 0.0814. The lowest BCUT2D eigenvalue weighted by atomic mass is 10.0. The van der Waals surface area contributed by atoms with E-state index in [1.54, 1.807) is 0 Å². The number of piperidine rings is 1. The fraction of sp³-hybridized carbons (Fsp3) is 0.611. The van der Waals surface area contributed by atoms with E-state index in [1.807, 2.05) is 37.1 Å². The normalized spacial score (nSPS) is 16.4. The molecule has 0 unspecified atom stereocenters. The van der Waals surface area contributed by atoms with Crippen LogP contribution in [0.1, 0.15) is 51.9 Å². The minimum atomic E-state index is 0.0814. The monoisotopic (exact) mass is 314 g/mol. The molecule has 0 radical (unpaired) electrons. The number of carbonyl (C=O) groups is 1. The summed E-state index contributed by atoms with van der Waals surface area (Å²) in [7, 11) is 0. The topological polar surface area (TPSA) is 51.0 Å². The molecule has 1 amide bonds. The standard InChI is InChI=1S/C18H26N4O/c1-4-6-16-20-15-7-5-10-19-17(15)22(16)14-8-11-21(12-9-14)18(23)13(2)3/h5,7,10,13-14H,4,6,8-9,11-12H2,1-3H3. The first-order valence-corrected chi connectivity index (χ1v) is 8.72. The van der Waals surface area contributed by atoms with Crippen molar-refractivity contribution in [3.63, 3.8) is 0 Å². The van der Waals surface area contributed by atoms with E-state index in [-0.39, 0.29) is 11.8 Å². The summed E-state index contributed by atoms with van der Waals surface area (Å²) in [5.41, 5.74) is 1.97. The first-order chi connectivity index (χ1) is 11.1. The molecule has 2 aromatic rings. The number of nitrogens with zero attached hydrogens (tertiary/aromatic N) is 4. The number of amides is 1. The molecule has 0 N–H and O–H groups in total. The fourth-order valence-electron chi connectivity index (χ4n) is 3.47. The highest BCUT2D eigenvalue weighted by Crippen LogP contribution is 2.29. The van der Waals surface area contributed by atoms with Crippen LogP contribution >= 0.6 is 0 Å². The summed E-state index contributed by atoms with van der Waals surface area (Å²) in [6.07, 6.45) is 5.86. The van der Waals surface area contributed by atoms with Gasteiger partial charge in [0.05, 0.1) is 0 Å². The molecule has 1 aliphatic rings. The van der Waals surface area contributed by atoms with E-state index in [9.17, 15) is 4.79 Å². The van der Waals surface area contributed by atoms with Crippen molar-refractivity contribution in [2.75, 3.05) is 13.1 Å². The molecule has 0 aromatic carbocycles. The molecule has 0 bridgehead atoms. The van der Waals surface area contributed by atoms with E-state index in [0.717, 1.165) is 55.8 Å². The van der Waals surface area contributed by atoms with E-state index in [1.165, 1.54) is 0 Å². The van der Waals surface area contributed by atoms with Gasteiger partial charge in [-0.3, -0.25) is 4.79 Å². The molecule has 0 saturated carbocycles. The Morgan fingerprint density at radius 3 is 2.74 bits per heavy atom. The lowest BCUT2D eigenvalue weighted by molar-refractivity contribution is -0.135. The van der Waals surface area contributed by atoms with Gasteiger partial charge in [-0.2, -0.15) is 0 Å². The Bertz CT molecular complexity index is 683. The van der Waals surface area contributed by atoms with Crippen LogP contribution in [-0.4, -0.2) is 38.4 Å². The molecule has 1 saturated heterocycles. The van der Waals surface area contributed by atoms with Gasteiger partial charge in [-0.05, 0) is 31.4 Å². The largest absolute Gasteiger partial charge is 0.342 e. The third-order valence-corrected chi connectivity index (χ3v) is 4.63.